The van der Waals surface area contributed by atoms with Crippen molar-refractivity contribution in [3.63, 3.8) is 0 Å². The summed E-state index contributed by atoms with van der Waals surface area (Å²) in [6.45, 7) is 7.73. The summed E-state index contributed by atoms with van der Waals surface area (Å²) in [5.74, 6) is 0. The maximum absolute atomic E-state index is 5.33. The average Bonchev–Trinajstić information content (AvgIpc) is 2.43. The molecule has 0 aliphatic rings. The Morgan fingerprint density at radius 2 is 1.47 bits per heavy atom. The molecule has 1 N–H and O–H groups in total. The molecule has 0 aliphatic carbocycles. The second-order valence-corrected chi connectivity index (χ2v) is 5.79. The van der Waals surface area contributed by atoms with Gasteiger partial charge in [0.1, 0.15) is 0 Å². The Balaban J connectivity index is 3.53. The fourth-order valence-corrected chi connectivity index (χ4v) is 2.54. The van der Waals surface area contributed by atoms with Crippen LogP contribution in [0.2, 0.25) is 0 Å². The SMILES string of the molecule is CCCCCCCCCC(CCC(C)OC)NCC. The van der Waals surface area contributed by atoms with E-state index in [0.29, 0.717) is 12.1 Å². The number of ether oxygens (including phenoxy) is 1. The van der Waals surface area contributed by atoms with Gasteiger partial charge in [-0.2, -0.15) is 0 Å². The first-order chi connectivity index (χ1) is 9.24. The molecule has 0 saturated heterocycles. The van der Waals surface area contributed by atoms with Gasteiger partial charge in [0, 0.05) is 13.2 Å². The molecule has 0 heterocycles. The molecular weight excluding hydrogens is 234 g/mol. The smallest absolute Gasteiger partial charge is 0.0543 e. The number of unbranched alkanes of at least 4 members (excludes halogenated alkanes) is 6. The summed E-state index contributed by atoms with van der Waals surface area (Å²) in [5.41, 5.74) is 0. The van der Waals surface area contributed by atoms with Crippen LogP contribution in [0, 0.1) is 0 Å². The van der Waals surface area contributed by atoms with Crippen molar-refractivity contribution in [3.8, 4) is 0 Å². The number of rotatable bonds is 14. The first kappa shape index (κ1) is 18.9. The lowest BCUT2D eigenvalue weighted by Crippen LogP contribution is -2.29. The fourth-order valence-electron chi connectivity index (χ4n) is 2.54. The van der Waals surface area contributed by atoms with Gasteiger partial charge < -0.3 is 10.1 Å². The van der Waals surface area contributed by atoms with Crippen LogP contribution in [0.15, 0.2) is 0 Å². The van der Waals surface area contributed by atoms with Gasteiger partial charge in [0.2, 0.25) is 0 Å². The highest BCUT2D eigenvalue weighted by Gasteiger charge is 2.09. The van der Waals surface area contributed by atoms with Crippen molar-refractivity contribution in [2.75, 3.05) is 13.7 Å². The first-order valence-corrected chi connectivity index (χ1v) is 8.50. The average molecular weight is 271 g/mol. The Bertz CT molecular complexity index is 173. The van der Waals surface area contributed by atoms with Crippen molar-refractivity contribution >= 4 is 0 Å². The molecule has 0 radical (unpaired) electrons. The maximum Gasteiger partial charge on any atom is 0.0543 e. The summed E-state index contributed by atoms with van der Waals surface area (Å²) < 4.78 is 5.33. The number of methoxy groups -OCH3 is 1. The van der Waals surface area contributed by atoms with Gasteiger partial charge in [0.05, 0.1) is 6.10 Å². The van der Waals surface area contributed by atoms with Gasteiger partial charge in [-0.3, -0.25) is 0 Å². The third-order valence-corrected chi connectivity index (χ3v) is 3.97. The topological polar surface area (TPSA) is 21.3 Å². The lowest BCUT2D eigenvalue weighted by Gasteiger charge is -2.19. The number of hydrogen-bond donors (Lipinski definition) is 1. The third-order valence-electron chi connectivity index (χ3n) is 3.97. The predicted octanol–water partition coefficient (Wildman–Crippen LogP) is 4.92. The van der Waals surface area contributed by atoms with Crippen LogP contribution < -0.4 is 5.32 Å². The Kier molecular flexibility index (Phi) is 14.3. The molecule has 0 rings (SSSR count). The van der Waals surface area contributed by atoms with Crippen molar-refractivity contribution in [2.45, 2.75) is 97.1 Å². The van der Waals surface area contributed by atoms with Crippen LogP contribution >= 0.6 is 0 Å². The van der Waals surface area contributed by atoms with Gasteiger partial charge in [0.15, 0.2) is 0 Å². The monoisotopic (exact) mass is 271 g/mol. The zero-order chi connectivity index (χ0) is 14.3. The molecular formula is C17H37NO. The molecule has 0 amide bonds. The Morgan fingerprint density at radius 1 is 0.842 bits per heavy atom. The summed E-state index contributed by atoms with van der Waals surface area (Å²) in [6, 6.07) is 0.693. The molecule has 2 atom stereocenters. The van der Waals surface area contributed by atoms with Crippen molar-refractivity contribution in [1.29, 1.82) is 0 Å². The highest BCUT2D eigenvalue weighted by molar-refractivity contribution is 4.68. The molecule has 0 aliphatic heterocycles. The summed E-state index contributed by atoms with van der Waals surface area (Å²) >= 11 is 0. The van der Waals surface area contributed by atoms with Crippen LogP contribution in [-0.4, -0.2) is 25.8 Å². The van der Waals surface area contributed by atoms with E-state index >= 15 is 0 Å². The lowest BCUT2D eigenvalue weighted by molar-refractivity contribution is 0.105. The van der Waals surface area contributed by atoms with Gasteiger partial charge in [-0.05, 0) is 32.7 Å². The van der Waals surface area contributed by atoms with Crippen LogP contribution in [0.5, 0.6) is 0 Å². The van der Waals surface area contributed by atoms with Gasteiger partial charge >= 0.3 is 0 Å². The molecule has 2 heteroatoms. The molecule has 0 saturated carbocycles. The predicted molar refractivity (Wildman–Crippen MR) is 85.8 cm³/mol. The molecule has 0 aromatic rings. The van der Waals surface area contributed by atoms with Crippen molar-refractivity contribution in [1.82, 2.24) is 5.32 Å². The molecule has 0 aromatic carbocycles. The van der Waals surface area contributed by atoms with E-state index in [4.69, 9.17) is 4.74 Å². The van der Waals surface area contributed by atoms with Gasteiger partial charge in [-0.1, -0.05) is 58.8 Å². The molecule has 0 fully saturated rings. The zero-order valence-electron chi connectivity index (χ0n) is 13.8. The number of hydrogen-bond acceptors (Lipinski definition) is 2. The van der Waals surface area contributed by atoms with E-state index in [1.165, 1.54) is 64.2 Å². The van der Waals surface area contributed by atoms with Crippen LogP contribution in [0.1, 0.15) is 85.0 Å². The second kappa shape index (κ2) is 14.3. The minimum atomic E-state index is 0.398. The molecule has 116 valence electrons. The third kappa shape index (κ3) is 12.7. The lowest BCUT2D eigenvalue weighted by atomic mass is 10.0. The van der Waals surface area contributed by atoms with E-state index in [1.807, 2.05) is 7.11 Å². The highest BCUT2D eigenvalue weighted by atomic mass is 16.5. The highest BCUT2D eigenvalue weighted by Crippen LogP contribution is 2.13. The van der Waals surface area contributed by atoms with Crippen LogP contribution in [0.25, 0.3) is 0 Å². The second-order valence-electron chi connectivity index (χ2n) is 5.79. The van der Waals surface area contributed by atoms with Crippen LogP contribution in [-0.2, 0) is 4.74 Å². The van der Waals surface area contributed by atoms with E-state index in [0.717, 1.165) is 6.54 Å². The zero-order valence-corrected chi connectivity index (χ0v) is 13.8. The van der Waals surface area contributed by atoms with E-state index in [1.54, 1.807) is 0 Å². The van der Waals surface area contributed by atoms with Crippen molar-refractivity contribution in [3.05, 3.63) is 0 Å². The Morgan fingerprint density at radius 3 is 2.05 bits per heavy atom. The summed E-state index contributed by atoms with van der Waals surface area (Å²) in [4.78, 5) is 0. The Labute approximate surface area is 121 Å². The fraction of sp³-hybridized carbons (Fsp3) is 1.00. The summed E-state index contributed by atoms with van der Waals surface area (Å²) in [6.07, 6.45) is 14.0. The summed E-state index contributed by atoms with van der Waals surface area (Å²) in [7, 11) is 1.81. The Hall–Kier alpha value is -0.0800. The minimum absolute atomic E-state index is 0.398. The molecule has 2 unspecified atom stereocenters. The van der Waals surface area contributed by atoms with E-state index < -0.39 is 0 Å². The largest absolute Gasteiger partial charge is 0.382 e. The molecule has 2 nitrogen and oxygen atoms in total. The quantitative estimate of drug-likeness (QED) is 0.453. The molecule has 0 aromatic heterocycles. The maximum atomic E-state index is 5.33. The van der Waals surface area contributed by atoms with E-state index in [9.17, 15) is 0 Å². The van der Waals surface area contributed by atoms with Gasteiger partial charge in [-0.25, -0.2) is 0 Å². The molecule has 0 bridgehead atoms. The van der Waals surface area contributed by atoms with Crippen LogP contribution in [0.4, 0.5) is 0 Å². The van der Waals surface area contributed by atoms with Gasteiger partial charge in [0.25, 0.3) is 0 Å². The standard InChI is InChI=1S/C17H37NO/c1-5-7-8-9-10-11-12-13-17(18-6-2)15-14-16(3)19-4/h16-18H,5-15H2,1-4H3. The van der Waals surface area contributed by atoms with E-state index in [2.05, 4.69) is 26.1 Å². The minimum Gasteiger partial charge on any atom is -0.382 e. The molecule has 19 heavy (non-hydrogen) atoms. The number of nitrogens with one attached hydrogen (secondary N) is 1. The van der Waals surface area contributed by atoms with Crippen molar-refractivity contribution in [2.24, 2.45) is 0 Å². The first-order valence-electron chi connectivity index (χ1n) is 8.50. The van der Waals surface area contributed by atoms with Crippen molar-refractivity contribution < 1.29 is 4.74 Å². The molecule has 0 spiro atoms. The normalized spacial score (nSPS) is 14.5. The van der Waals surface area contributed by atoms with Gasteiger partial charge in [-0.15, -0.1) is 0 Å². The van der Waals surface area contributed by atoms with Crippen LogP contribution in [0.3, 0.4) is 0 Å². The van der Waals surface area contributed by atoms with E-state index in [-0.39, 0.29) is 0 Å². The summed E-state index contributed by atoms with van der Waals surface area (Å²) in [5, 5.41) is 3.62.